The molecular formula is C30H45NO7. The number of ether oxygens (including phenoxy) is 4. The third-order valence-electron chi connectivity index (χ3n) is 10.1. The first-order chi connectivity index (χ1) is 17.7. The molecule has 0 aromatic carbocycles. The molecule has 3 unspecified atom stereocenters. The van der Waals surface area contributed by atoms with E-state index in [1.165, 1.54) is 6.42 Å². The molecule has 0 aromatic rings. The molecule has 4 saturated carbocycles. The lowest BCUT2D eigenvalue weighted by atomic mass is 9.50. The molecule has 0 spiro atoms. The summed E-state index contributed by atoms with van der Waals surface area (Å²) >= 11 is 0. The van der Waals surface area contributed by atoms with Crippen LogP contribution in [0.2, 0.25) is 0 Å². The Morgan fingerprint density at radius 2 is 1.63 bits per heavy atom. The van der Waals surface area contributed by atoms with Gasteiger partial charge in [-0.05, 0) is 110 Å². The predicted octanol–water partition coefficient (Wildman–Crippen LogP) is 5.19. The number of carbonyl (C=O) groups is 3. The van der Waals surface area contributed by atoms with Gasteiger partial charge in [-0.15, -0.1) is 0 Å². The Balaban J connectivity index is 1.50. The highest BCUT2D eigenvalue weighted by atomic mass is 16.7. The zero-order valence-corrected chi connectivity index (χ0v) is 24.0. The fourth-order valence-electron chi connectivity index (χ4n) is 7.93. The van der Waals surface area contributed by atoms with Crippen LogP contribution >= 0.6 is 0 Å². The fraction of sp³-hybridized carbons (Fsp3) is 0.867. The van der Waals surface area contributed by atoms with Gasteiger partial charge in [0.2, 0.25) is 0 Å². The van der Waals surface area contributed by atoms with E-state index in [4.69, 9.17) is 18.9 Å². The predicted molar refractivity (Wildman–Crippen MR) is 138 cm³/mol. The van der Waals surface area contributed by atoms with E-state index in [9.17, 15) is 19.6 Å². The van der Waals surface area contributed by atoms with Crippen LogP contribution in [0.5, 0.6) is 0 Å². The van der Waals surface area contributed by atoms with Gasteiger partial charge in [0.25, 0.3) is 0 Å². The maximum atomic E-state index is 13.8. The third-order valence-corrected chi connectivity index (χ3v) is 10.1. The zero-order chi connectivity index (χ0) is 27.9. The Morgan fingerprint density at radius 1 is 1.03 bits per heavy atom. The first kappa shape index (κ1) is 28.9. The molecule has 212 valence electrons. The Bertz CT molecular complexity index is 956. The molecule has 1 aliphatic heterocycles. The number of cyclic esters (lactones) is 1. The monoisotopic (exact) mass is 531 g/mol. The van der Waals surface area contributed by atoms with Gasteiger partial charge in [-0.1, -0.05) is 6.92 Å². The van der Waals surface area contributed by atoms with Crippen LogP contribution in [0.15, 0.2) is 0 Å². The molecule has 0 amide bonds. The molecule has 8 heteroatoms. The zero-order valence-electron chi connectivity index (χ0n) is 24.0. The maximum Gasteiger partial charge on any atom is 0.316 e. The highest BCUT2D eigenvalue weighted by molar-refractivity contribution is 5.81. The SMILES string of the molecule is CCC(C)(C#N)CC(C)(CC(C)(C)C(=O)OC1(C)C2CC3CC(C2)CC1C3)C(=O)OCC1COCOC1=O. The van der Waals surface area contributed by atoms with Crippen LogP contribution in [-0.2, 0) is 33.3 Å². The van der Waals surface area contributed by atoms with Gasteiger partial charge in [0.1, 0.15) is 18.1 Å². The van der Waals surface area contributed by atoms with Gasteiger partial charge in [-0.3, -0.25) is 14.4 Å². The van der Waals surface area contributed by atoms with Crippen LogP contribution in [0.4, 0.5) is 0 Å². The topological polar surface area (TPSA) is 112 Å². The molecule has 38 heavy (non-hydrogen) atoms. The molecule has 0 aromatic heterocycles. The highest BCUT2D eigenvalue weighted by Crippen LogP contribution is 2.60. The van der Waals surface area contributed by atoms with E-state index in [1.807, 2.05) is 27.7 Å². The van der Waals surface area contributed by atoms with Crippen molar-refractivity contribution in [3.8, 4) is 6.07 Å². The highest BCUT2D eigenvalue weighted by Gasteiger charge is 2.58. The van der Waals surface area contributed by atoms with Crippen molar-refractivity contribution in [1.82, 2.24) is 0 Å². The number of nitriles is 1. The van der Waals surface area contributed by atoms with Crippen molar-refractivity contribution in [2.75, 3.05) is 20.0 Å². The molecule has 4 bridgehead atoms. The van der Waals surface area contributed by atoms with Crippen molar-refractivity contribution in [2.45, 2.75) is 98.5 Å². The molecule has 1 heterocycles. The van der Waals surface area contributed by atoms with Crippen molar-refractivity contribution in [2.24, 2.45) is 45.8 Å². The van der Waals surface area contributed by atoms with Gasteiger partial charge in [-0.25, -0.2) is 0 Å². The van der Waals surface area contributed by atoms with E-state index in [0.29, 0.717) is 18.3 Å². The first-order valence-corrected chi connectivity index (χ1v) is 14.3. The second-order valence-electron chi connectivity index (χ2n) is 13.9. The third kappa shape index (κ3) is 5.59. The largest absolute Gasteiger partial charge is 0.464 e. The van der Waals surface area contributed by atoms with Crippen LogP contribution in [0.1, 0.15) is 92.9 Å². The summed E-state index contributed by atoms with van der Waals surface area (Å²) in [6.07, 6.45) is 6.78. The number of carbonyl (C=O) groups excluding carboxylic acids is 3. The number of nitrogens with zero attached hydrogens (tertiary/aromatic N) is 1. The summed E-state index contributed by atoms with van der Waals surface area (Å²) in [7, 11) is 0. The lowest BCUT2D eigenvalue weighted by Crippen LogP contribution is -2.59. The maximum absolute atomic E-state index is 13.8. The molecule has 5 rings (SSSR count). The number of hydrogen-bond donors (Lipinski definition) is 0. The van der Waals surface area contributed by atoms with Crippen LogP contribution < -0.4 is 0 Å². The standard InChI is InChI=1S/C30H45NO7/c1-7-28(4,17-31)16-29(5,26(34)36-14-21-13-35-18-37-24(21)32)15-27(2,3)25(33)38-30(6)22-9-19-8-20(11-22)12-23(30)10-19/h19-23H,7-16,18H2,1-6H3. The van der Waals surface area contributed by atoms with E-state index in [1.54, 1.807) is 6.92 Å². The average molecular weight is 532 g/mol. The lowest BCUT2D eigenvalue weighted by Gasteiger charge is -2.59. The smallest absolute Gasteiger partial charge is 0.316 e. The van der Waals surface area contributed by atoms with Crippen molar-refractivity contribution in [3.05, 3.63) is 0 Å². The van der Waals surface area contributed by atoms with E-state index < -0.39 is 39.7 Å². The summed E-state index contributed by atoms with van der Waals surface area (Å²) in [5.41, 5.74) is -3.38. The molecular weight excluding hydrogens is 486 g/mol. The molecule has 4 aliphatic carbocycles. The lowest BCUT2D eigenvalue weighted by molar-refractivity contribution is -0.212. The Hall–Kier alpha value is -2.14. The van der Waals surface area contributed by atoms with Gasteiger partial charge in [0, 0.05) is 0 Å². The van der Waals surface area contributed by atoms with Gasteiger partial charge >= 0.3 is 17.9 Å². The van der Waals surface area contributed by atoms with Gasteiger partial charge in [0.05, 0.1) is 28.9 Å². The van der Waals surface area contributed by atoms with Crippen molar-refractivity contribution in [1.29, 1.82) is 5.26 Å². The minimum absolute atomic E-state index is 0.101. The summed E-state index contributed by atoms with van der Waals surface area (Å²) in [6.45, 7) is 11.1. The van der Waals surface area contributed by atoms with Crippen molar-refractivity contribution in [3.63, 3.8) is 0 Å². The molecule has 1 saturated heterocycles. The first-order valence-electron chi connectivity index (χ1n) is 14.3. The van der Waals surface area contributed by atoms with Gasteiger partial charge < -0.3 is 18.9 Å². The Labute approximate surface area is 227 Å². The van der Waals surface area contributed by atoms with Gasteiger partial charge in [-0.2, -0.15) is 5.26 Å². The van der Waals surface area contributed by atoms with Crippen LogP contribution in [0.25, 0.3) is 0 Å². The van der Waals surface area contributed by atoms with Crippen molar-refractivity contribution >= 4 is 17.9 Å². The van der Waals surface area contributed by atoms with Crippen LogP contribution in [0.3, 0.4) is 0 Å². The number of hydrogen-bond acceptors (Lipinski definition) is 8. The Kier molecular flexibility index (Phi) is 7.93. The summed E-state index contributed by atoms with van der Waals surface area (Å²) in [4.78, 5) is 39.4. The molecule has 0 N–H and O–H groups in total. The minimum Gasteiger partial charge on any atom is -0.464 e. The number of rotatable bonds is 10. The van der Waals surface area contributed by atoms with E-state index >= 15 is 0 Å². The second kappa shape index (κ2) is 10.4. The molecule has 5 fully saturated rings. The van der Waals surface area contributed by atoms with Crippen molar-refractivity contribution < 1.29 is 33.3 Å². The molecule has 8 nitrogen and oxygen atoms in total. The average Bonchev–Trinajstić information content (AvgIpc) is 2.85. The molecule has 0 radical (unpaired) electrons. The second-order valence-corrected chi connectivity index (χ2v) is 13.9. The minimum atomic E-state index is -1.15. The summed E-state index contributed by atoms with van der Waals surface area (Å²) in [6, 6.07) is 2.35. The number of esters is 3. The van der Waals surface area contributed by atoms with Crippen LogP contribution in [-0.4, -0.2) is 43.5 Å². The molecule has 5 aliphatic rings. The fourth-order valence-corrected chi connectivity index (χ4v) is 7.93. The normalized spacial score (nSPS) is 35.4. The molecule has 3 atom stereocenters. The summed E-state index contributed by atoms with van der Waals surface area (Å²) in [5.74, 6) is 0.330. The van der Waals surface area contributed by atoms with E-state index in [2.05, 4.69) is 13.0 Å². The summed E-state index contributed by atoms with van der Waals surface area (Å²) < 4.78 is 22.1. The van der Waals surface area contributed by atoms with Crippen LogP contribution in [0, 0.1) is 57.2 Å². The quantitative estimate of drug-likeness (QED) is 0.280. The van der Waals surface area contributed by atoms with E-state index in [0.717, 1.165) is 37.5 Å². The summed E-state index contributed by atoms with van der Waals surface area (Å²) in [5, 5.41) is 9.90. The Morgan fingerprint density at radius 3 is 2.16 bits per heavy atom. The van der Waals surface area contributed by atoms with Gasteiger partial charge in [0.15, 0.2) is 6.79 Å². The van der Waals surface area contributed by atoms with E-state index in [-0.39, 0.29) is 38.8 Å².